The van der Waals surface area contributed by atoms with Gasteiger partial charge in [0.25, 0.3) is 0 Å². The molecule has 0 fully saturated rings. The molecule has 1 aromatic carbocycles. The van der Waals surface area contributed by atoms with Crippen LogP contribution in [0, 0.1) is 12.3 Å². The monoisotopic (exact) mass is 240 g/mol. The summed E-state index contributed by atoms with van der Waals surface area (Å²) in [7, 11) is 0. The first kappa shape index (κ1) is 12.3. The Morgan fingerprint density at radius 2 is 2.22 bits per heavy atom. The number of carbonyl (C=O) groups is 1. The number of para-hydroxylation sites is 1. The maximum Gasteiger partial charge on any atom is 0.220 e. The maximum atomic E-state index is 11.4. The van der Waals surface area contributed by atoms with Gasteiger partial charge in [0.15, 0.2) is 0 Å². The van der Waals surface area contributed by atoms with Crippen LogP contribution in [0.1, 0.15) is 18.4 Å². The van der Waals surface area contributed by atoms with E-state index in [1.165, 1.54) is 10.9 Å². The van der Waals surface area contributed by atoms with Crippen LogP contribution in [-0.4, -0.2) is 17.4 Å². The standard InChI is InChI=1S/C15H16N2O/c1-2-10-16-15(18)9-5-6-12-11-17-14-8-4-3-7-13(12)14/h1,3-4,7-8,11,17H,5-6,9-10H2,(H,16,18). The molecule has 2 aromatic rings. The third kappa shape index (κ3) is 2.92. The van der Waals surface area contributed by atoms with E-state index in [0.29, 0.717) is 13.0 Å². The van der Waals surface area contributed by atoms with Crippen molar-refractivity contribution in [1.29, 1.82) is 0 Å². The summed E-state index contributed by atoms with van der Waals surface area (Å²) in [5, 5.41) is 3.90. The summed E-state index contributed by atoms with van der Waals surface area (Å²) >= 11 is 0. The highest BCUT2D eigenvalue weighted by Crippen LogP contribution is 2.19. The molecule has 1 amide bonds. The minimum absolute atomic E-state index is 0.0211. The number of hydrogen-bond donors (Lipinski definition) is 2. The highest BCUT2D eigenvalue weighted by Gasteiger charge is 2.04. The molecule has 0 radical (unpaired) electrons. The molecule has 1 heterocycles. The van der Waals surface area contributed by atoms with Crippen LogP contribution in [0.4, 0.5) is 0 Å². The summed E-state index contributed by atoms with van der Waals surface area (Å²) in [6, 6.07) is 8.19. The van der Waals surface area contributed by atoms with Gasteiger partial charge in [0.05, 0.1) is 6.54 Å². The summed E-state index contributed by atoms with van der Waals surface area (Å²) in [6.45, 7) is 0.311. The molecule has 3 heteroatoms. The second-order valence-corrected chi connectivity index (χ2v) is 4.19. The molecule has 18 heavy (non-hydrogen) atoms. The third-order valence-corrected chi connectivity index (χ3v) is 2.91. The molecule has 0 aliphatic heterocycles. The van der Waals surface area contributed by atoms with Crippen molar-refractivity contribution in [3.8, 4) is 12.3 Å². The fourth-order valence-electron chi connectivity index (χ4n) is 2.02. The summed E-state index contributed by atoms with van der Waals surface area (Å²) < 4.78 is 0. The van der Waals surface area contributed by atoms with Crippen molar-refractivity contribution in [3.05, 3.63) is 36.0 Å². The Labute approximate surface area is 107 Å². The first-order valence-corrected chi connectivity index (χ1v) is 6.06. The van der Waals surface area contributed by atoms with Crippen LogP contribution >= 0.6 is 0 Å². The number of aromatic nitrogens is 1. The molecular formula is C15H16N2O. The SMILES string of the molecule is C#CCNC(=O)CCCc1c[nH]c2ccccc12. The molecule has 1 aromatic heterocycles. The highest BCUT2D eigenvalue weighted by molar-refractivity contribution is 5.83. The first-order valence-electron chi connectivity index (χ1n) is 6.06. The number of hydrogen-bond acceptors (Lipinski definition) is 1. The van der Waals surface area contributed by atoms with Crippen molar-refractivity contribution in [3.63, 3.8) is 0 Å². The number of nitrogens with one attached hydrogen (secondary N) is 2. The van der Waals surface area contributed by atoms with Gasteiger partial charge in [0, 0.05) is 23.5 Å². The summed E-state index contributed by atoms with van der Waals surface area (Å²) in [6.07, 6.45) is 9.34. The Kier molecular flexibility index (Phi) is 4.03. The van der Waals surface area contributed by atoms with Gasteiger partial charge in [-0.3, -0.25) is 4.79 Å². The maximum absolute atomic E-state index is 11.4. The Bertz CT molecular complexity index is 577. The molecule has 0 atom stereocenters. The van der Waals surface area contributed by atoms with Gasteiger partial charge in [0.1, 0.15) is 0 Å². The zero-order chi connectivity index (χ0) is 12.8. The topological polar surface area (TPSA) is 44.9 Å². The smallest absolute Gasteiger partial charge is 0.220 e. The second-order valence-electron chi connectivity index (χ2n) is 4.19. The number of aromatic amines is 1. The minimum atomic E-state index is 0.0211. The molecular weight excluding hydrogens is 224 g/mol. The van der Waals surface area contributed by atoms with Crippen molar-refractivity contribution in [2.45, 2.75) is 19.3 Å². The van der Waals surface area contributed by atoms with E-state index in [1.807, 2.05) is 18.3 Å². The normalized spacial score (nSPS) is 10.2. The summed E-state index contributed by atoms with van der Waals surface area (Å²) in [5.41, 5.74) is 2.40. The van der Waals surface area contributed by atoms with Crippen LogP contribution in [0.15, 0.2) is 30.5 Å². The van der Waals surface area contributed by atoms with Crippen molar-refractivity contribution < 1.29 is 4.79 Å². The van der Waals surface area contributed by atoms with E-state index in [9.17, 15) is 4.79 Å². The number of carbonyl (C=O) groups excluding carboxylic acids is 1. The largest absolute Gasteiger partial charge is 0.361 e. The van der Waals surface area contributed by atoms with Gasteiger partial charge >= 0.3 is 0 Å². The van der Waals surface area contributed by atoms with Crippen LogP contribution in [-0.2, 0) is 11.2 Å². The van der Waals surface area contributed by atoms with Gasteiger partial charge in [0.2, 0.25) is 5.91 Å². The van der Waals surface area contributed by atoms with Gasteiger partial charge in [-0.25, -0.2) is 0 Å². The van der Waals surface area contributed by atoms with Crippen LogP contribution < -0.4 is 5.32 Å². The number of terminal acetylenes is 1. The fourth-order valence-corrected chi connectivity index (χ4v) is 2.02. The highest BCUT2D eigenvalue weighted by atomic mass is 16.1. The van der Waals surface area contributed by atoms with Crippen LogP contribution in [0.3, 0.4) is 0 Å². The summed E-state index contributed by atoms with van der Waals surface area (Å²) in [4.78, 5) is 14.6. The van der Waals surface area contributed by atoms with E-state index in [4.69, 9.17) is 6.42 Å². The molecule has 2 N–H and O–H groups in total. The zero-order valence-electron chi connectivity index (χ0n) is 10.2. The van der Waals surface area contributed by atoms with Gasteiger partial charge in [-0.05, 0) is 24.5 Å². The minimum Gasteiger partial charge on any atom is -0.361 e. The quantitative estimate of drug-likeness (QED) is 0.773. The second kappa shape index (κ2) is 5.92. The van der Waals surface area contributed by atoms with Gasteiger partial charge in [-0.15, -0.1) is 6.42 Å². The molecule has 0 spiro atoms. The number of amides is 1. The Balaban J connectivity index is 1.87. The van der Waals surface area contributed by atoms with E-state index in [0.717, 1.165) is 18.4 Å². The molecule has 3 nitrogen and oxygen atoms in total. The molecule has 0 aliphatic carbocycles. The molecule has 92 valence electrons. The van der Waals surface area contributed by atoms with Crippen LogP contribution in [0.5, 0.6) is 0 Å². The molecule has 0 saturated heterocycles. The van der Waals surface area contributed by atoms with Crippen molar-refractivity contribution >= 4 is 16.8 Å². The van der Waals surface area contributed by atoms with Crippen molar-refractivity contribution in [2.75, 3.05) is 6.54 Å². The average molecular weight is 240 g/mol. The van der Waals surface area contributed by atoms with E-state index >= 15 is 0 Å². The van der Waals surface area contributed by atoms with Crippen molar-refractivity contribution in [2.24, 2.45) is 0 Å². The third-order valence-electron chi connectivity index (χ3n) is 2.91. The molecule has 0 bridgehead atoms. The van der Waals surface area contributed by atoms with Crippen LogP contribution in [0.2, 0.25) is 0 Å². The number of fused-ring (bicyclic) bond motifs is 1. The van der Waals surface area contributed by atoms with E-state index < -0.39 is 0 Å². The zero-order valence-corrected chi connectivity index (χ0v) is 10.2. The van der Waals surface area contributed by atoms with Gasteiger partial charge in [-0.2, -0.15) is 0 Å². The Hall–Kier alpha value is -2.21. The lowest BCUT2D eigenvalue weighted by atomic mass is 10.1. The predicted molar refractivity (Wildman–Crippen MR) is 73.1 cm³/mol. The molecule has 2 rings (SSSR count). The summed E-state index contributed by atoms with van der Waals surface area (Å²) in [5.74, 6) is 2.41. The molecule has 0 aliphatic rings. The lowest BCUT2D eigenvalue weighted by molar-refractivity contribution is -0.120. The Morgan fingerprint density at radius 3 is 3.06 bits per heavy atom. The van der Waals surface area contributed by atoms with E-state index in [1.54, 1.807) is 0 Å². The van der Waals surface area contributed by atoms with Gasteiger partial charge in [-0.1, -0.05) is 24.1 Å². The molecule has 0 saturated carbocycles. The first-order chi connectivity index (χ1) is 8.81. The number of aryl methyl sites for hydroxylation is 1. The number of rotatable bonds is 5. The number of H-pyrrole nitrogens is 1. The molecule has 0 unspecified atom stereocenters. The van der Waals surface area contributed by atoms with Gasteiger partial charge < -0.3 is 10.3 Å². The Morgan fingerprint density at radius 1 is 1.39 bits per heavy atom. The lowest BCUT2D eigenvalue weighted by Crippen LogP contribution is -2.23. The lowest BCUT2D eigenvalue weighted by Gasteiger charge is -2.01. The van der Waals surface area contributed by atoms with E-state index in [2.05, 4.69) is 28.4 Å². The fraction of sp³-hybridized carbons (Fsp3) is 0.267. The van der Waals surface area contributed by atoms with E-state index in [-0.39, 0.29) is 5.91 Å². The predicted octanol–water partition coefficient (Wildman–Crippen LogP) is 2.24. The van der Waals surface area contributed by atoms with Crippen LogP contribution in [0.25, 0.3) is 10.9 Å². The average Bonchev–Trinajstić information content (AvgIpc) is 2.80. The number of benzene rings is 1. The van der Waals surface area contributed by atoms with Crippen molar-refractivity contribution in [1.82, 2.24) is 10.3 Å².